The lowest BCUT2D eigenvalue weighted by atomic mass is 10.0. The molecule has 0 aromatic rings. The van der Waals surface area contributed by atoms with Crippen molar-refractivity contribution in [2.45, 2.75) is 183 Å². The van der Waals surface area contributed by atoms with Crippen LogP contribution in [-0.4, -0.2) is 561 Å². The summed E-state index contributed by atoms with van der Waals surface area (Å²) in [5, 5.41) is 346. The highest BCUT2D eigenvalue weighted by atomic mass is 16.6. The lowest BCUT2D eigenvalue weighted by Gasteiger charge is -2.34. The van der Waals surface area contributed by atoms with Crippen LogP contribution in [0.25, 0.3) is 0 Å². The average molecular weight is 1620 g/mol. The van der Waals surface area contributed by atoms with E-state index in [2.05, 4.69) is 5.32 Å². The number of nitrogens with one attached hydrogen (secondary N) is 1. The Hall–Kier alpha value is -3.83. The smallest absolute Gasteiger partial charge is 0.410 e. The van der Waals surface area contributed by atoms with Crippen molar-refractivity contribution >= 4 is 18.3 Å². The number of nitrogens with zero attached hydrogens (tertiary/aromatic N) is 3. The third-order valence-electron chi connectivity index (χ3n) is 16.0. The zero-order chi connectivity index (χ0) is 83.5. The van der Waals surface area contributed by atoms with E-state index in [9.17, 15) is 178 Å². The summed E-state index contributed by atoms with van der Waals surface area (Å²) in [4.78, 5) is 42.0. The normalized spacial score (nSPS) is 20.7. The minimum Gasteiger partial charge on any atom is -0.445 e. The third kappa shape index (κ3) is 40.8. The lowest BCUT2D eigenvalue weighted by Crippen LogP contribution is -2.55. The van der Waals surface area contributed by atoms with Crippen molar-refractivity contribution in [3.63, 3.8) is 0 Å². The van der Waals surface area contributed by atoms with Crippen LogP contribution in [0.15, 0.2) is 0 Å². The summed E-state index contributed by atoms with van der Waals surface area (Å²) in [6.45, 7) is -20.7. The molecule has 50 heteroatoms. The van der Waals surface area contributed by atoms with E-state index < -0.39 is 346 Å². The molecule has 0 saturated heterocycles. The second kappa shape index (κ2) is 57.2. The summed E-state index contributed by atoms with van der Waals surface area (Å²) in [6, 6.07) is 0. The molecule has 6 unspecified atom stereocenters. The fourth-order valence-corrected chi connectivity index (χ4v) is 9.30. The van der Waals surface area contributed by atoms with Gasteiger partial charge in [-0.15, -0.1) is 0 Å². The van der Waals surface area contributed by atoms with Gasteiger partial charge in [0.25, 0.3) is 0 Å². The second-order valence-electron chi connectivity index (χ2n) is 25.4. The number of ether oxygens (including phenoxy) is 8. The van der Waals surface area contributed by atoms with Crippen LogP contribution in [0.5, 0.6) is 0 Å². The standard InChI is InChI=1S/C59H119N5O45/c60-3-31(108-57(99)61-1-2-62(4-33(75)45(87)51(93)39(81)10-65)5-34(76)46(88)52(94)40(82)11-66)24-105-22-29(73)20-103-18-27(71)16-102-17-28(72)19-104-21-30(74)23-106-25-32(109-59(101)64(8-37(79)49(91)55(97)43(85)14-69)9-38(80)50(92)56(98)44(86)15-70)26-107-58(100)63(6-35(77)47(89)53(95)41(83)12-67)7-36(78)48(90)54(96)42(84)13-68/h27-56,65-98H,1-26,60H2,(H,61,99)/t27?,28?,29?,30?,31?,32?,33-,34-,35-,36-,37-,38-,39+,40+,41+,42+,43+,44+,45+,46+,47+,48+,49+,50+,51+,52+,53+,54+,55+,56+/m0/s1. The highest BCUT2D eigenvalue weighted by Gasteiger charge is 2.41. The van der Waals surface area contributed by atoms with E-state index in [0.717, 1.165) is 4.90 Å². The van der Waals surface area contributed by atoms with Gasteiger partial charge in [0.2, 0.25) is 0 Å². The van der Waals surface area contributed by atoms with Gasteiger partial charge in [0.15, 0.2) is 6.10 Å². The number of aliphatic hydroxyl groups is 34. The molecule has 0 rings (SSSR count). The van der Waals surface area contributed by atoms with Gasteiger partial charge in [-0.05, 0) is 0 Å². The van der Waals surface area contributed by atoms with Crippen LogP contribution in [0, 0.1) is 0 Å². The Kier molecular flexibility index (Phi) is 55.2. The Morgan fingerprint density at radius 3 is 0.771 bits per heavy atom. The second-order valence-corrected chi connectivity index (χ2v) is 25.4. The number of hydrogen-bond acceptors (Lipinski definition) is 47. The highest BCUT2D eigenvalue weighted by molar-refractivity contribution is 5.69. The quantitative estimate of drug-likeness (QED) is 0.0251. The number of amides is 3. The molecule has 0 heterocycles. The van der Waals surface area contributed by atoms with Gasteiger partial charge in [0.05, 0.1) is 144 Å². The summed E-state index contributed by atoms with van der Waals surface area (Å²) in [6.07, 6.45) is -65.9. The Bertz CT molecular complexity index is 2230. The van der Waals surface area contributed by atoms with Crippen molar-refractivity contribution in [3.05, 3.63) is 0 Å². The van der Waals surface area contributed by atoms with Crippen LogP contribution in [0.4, 0.5) is 14.4 Å². The molecule has 0 aliphatic carbocycles. The predicted octanol–water partition coefficient (Wildman–Crippen LogP) is -22.3. The Balaban J connectivity index is 5.95. The van der Waals surface area contributed by atoms with Gasteiger partial charge in [-0.3, -0.25) is 4.90 Å². The number of nitrogens with two attached hydrogens (primary N) is 1. The van der Waals surface area contributed by atoms with Crippen LogP contribution < -0.4 is 11.1 Å². The number of hydrogen-bond donors (Lipinski definition) is 36. The van der Waals surface area contributed by atoms with E-state index in [1.165, 1.54) is 0 Å². The molecule has 0 aliphatic heterocycles. The van der Waals surface area contributed by atoms with Crippen molar-refractivity contribution < 1.29 is 226 Å². The summed E-state index contributed by atoms with van der Waals surface area (Å²) >= 11 is 0. The molecule has 50 nitrogen and oxygen atoms in total. The number of rotatable bonds is 64. The van der Waals surface area contributed by atoms with Gasteiger partial charge in [-0.25, -0.2) is 14.4 Å². The van der Waals surface area contributed by atoms with Gasteiger partial charge >= 0.3 is 18.3 Å². The number of aliphatic hydroxyl groups excluding tert-OH is 34. The summed E-state index contributed by atoms with van der Waals surface area (Å²) in [7, 11) is 0. The molecule has 37 N–H and O–H groups in total. The molecule has 0 radical (unpaired) electrons. The molecular formula is C59H119N5O45. The highest BCUT2D eigenvalue weighted by Crippen LogP contribution is 2.18. The van der Waals surface area contributed by atoms with Crippen LogP contribution in [0.2, 0.25) is 0 Å². The number of carbonyl (C=O) groups excluding carboxylic acids is 3. The van der Waals surface area contributed by atoms with Gasteiger partial charge in [-0.2, -0.15) is 0 Å². The zero-order valence-corrected chi connectivity index (χ0v) is 59.3. The first-order valence-electron chi connectivity index (χ1n) is 34.0. The maximum Gasteiger partial charge on any atom is 0.410 e. The first-order valence-corrected chi connectivity index (χ1v) is 34.0. The van der Waals surface area contributed by atoms with E-state index in [4.69, 9.17) is 53.8 Å². The van der Waals surface area contributed by atoms with E-state index >= 15 is 0 Å². The Morgan fingerprint density at radius 2 is 0.514 bits per heavy atom. The van der Waals surface area contributed by atoms with Crippen LogP contribution in [0.1, 0.15) is 0 Å². The summed E-state index contributed by atoms with van der Waals surface area (Å²) < 4.78 is 42.4. The van der Waals surface area contributed by atoms with Crippen molar-refractivity contribution in [2.75, 3.05) is 171 Å². The first-order chi connectivity index (χ1) is 51.1. The molecule has 0 spiro atoms. The Morgan fingerprint density at radius 1 is 0.284 bits per heavy atom. The molecule has 3 amide bonds. The minimum atomic E-state index is -2.43. The van der Waals surface area contributed by atoms with Crippen molar-refractivity contribution in [1.29, 1.82) is 0 Å². The van der Waals surface area contributed by atoms with E-state index in [1.807, 2.05) is 0 Å². The molecule has 30 atom stereocenters. The topological polar surface area (TPSA) is 861 Å². The predicted molar refractivity (Wildman–Crippen MR) is 353 cm³/mol. The van der Waals surface area contributed by atoms with E-state index in [-0.39, 0.29) is 36.0 Å². The molecular weight excluding hydrogens is 1500 g/mol. The van der Waals surface area contributed by atoms with E-state index in [0.29, 0.717) is 0 Å². The van der Waals surface area contributed by atoms with Crippen LogP contribution >= 0.6 is 0 Å². The fraction of sp³-hybridized carbons (Fsp3) is 0.949. The third-order valence-corrected chi connectivity index (χ3v) is 16.0. The molecule has 650 valence electrons. The monoisotopic (exact) mass is 1620 g/mol. The van der Waals surface area contributed by atoms with Crippen molar-refractivity contribution in [2.24, 2.45) is 5.73 Å². The maximum atomic E-state index is 14.0. The average Bonchev–Trinajstić information content (AvgIpc) is 0.868. The maximum absolute atomic E-state index is 14.0. The molecule has 0 aromatic carbocycles. The summed E-state index contributed by atoms with van der Waals surface area (Å²) in [5.74, 6) is 0. The van der Waals surface area contributed by atoms with Crippen molar-refractivity contribution in [1.82, 2.24) is 20.0 Å². The first kappa shape index (κ1) is 105. The largest absolute Gasteiger partial charge is 0.445 e. The van der Waals surface area contributed by atoms with Crippen molar-refractivity contribution in [3.8, 4) is 0 Å². The Labute approximate surface area is 622 Å². The van der Waals surface area contributed by atoms with Gasteiger partial charge in [0, 0.05) is 32.7 Å². The SMILES string of the molecule is NCC(COCC(O)COCC(O)COCC(O)COCC(O)COCC(COC(=O)N(C[C@H](O)[C@@H](O)[C@H](O)[C@H](O)CO)C[C@H](O)[C@@H](O)[C@H](O)[C@H](O)CO)OC(=O)N(C[C@H](O)[C@@H](O)[C@H](O)[C@H](O)CO)C[C@H](O)[C@@H](O)[C@H](O)[C@H](O)CO)OC(=O)NCCN(C[C@H](O)[C@@H](O)[C@H](O)[C@H](O)CO)C[C@H](O)[C@@H](O)[C@H](O)[C@H](O)CO. The molecule has 0 fully saturated rings. The summed E-state index contributed by atoms with van der Waals surface area (Å²) in [5.41, 5.74) is 5.69. The fourth-order valence-electron chi connectivity index (χ4n) is 9.30. The molecule has 109 heavy (non-hydrogen) atoms. The molecule has 0 saturated carbocycles. The zero-order valence-electron chi connectivity index (χ0n) is 59.3. The van der Waals surface area contributed by atoms with Gasteiger partial charge < -0.3 is 232 Å². The van der Waals surface area contributed by atoms with Crippen LogP contribution in [0.3, 0.4) is 0 Å². The van der Waals surface area contributed by atoms with E-state index in [1.54, 1.807) is 0 Å². The number of carbonyl (C=O) groups is 3. The van der Waals surface area contributed by atoms with Crippen LogP contribution in [-0.2, 0) is 37.9 Å². The van der Waals surface area contributed by atoms with Gasteiger partial charge in [-0.1, -0.05) is 0 Å². The lowest BCUT2D eigenvalue weighted by molar-refractivity contribution is -0.131. The minimum absolute atomic E-state index is 0.252. The molecule has 0 bridgehead atoms. The molecule has 0 aliphatic rings. The molecule has 0 aromatic heterocycles. The van der Waals surface area contributed by atoms with Gasteiger partial charge in [0.1, 0.15) is 171 Å². The number of alkyl carbamates (subject to hydrolysis) is 1.